The van der Waals surface area contributed by atoms with Crippen molar-refractivity contribution in [2.24, 2.45) is 5.73 Å². The Kier molecular flexibility index (Phi) is 5.40. The fourth-order valence-electron chi connectivity index (χ4n) is 5.01. The molecule has 35 heavy (non-hydrogen) atoms. The lowest BCUT2D eigenvalue weighted by molar-refractivity contribution is 0.629. The second kappa shape index (κ2) is 8.73. The summed E-state index contributed by atoms with van der Waals surface area (Å²) in [6, 6.07) is 25.7. The van der Waals surface area contributed by atoms with Crippen molar-refractivity contribution < 1.29 is 0 Å². The molecule has 1 aliphatic carbocycles. The molecule has 0 radical (unpaired) electrons. The SMILES string of the molecule is C=C(NC1C=CC=CC1N)c1c(Nc2ccc3sc4ccccc4c3c2C)ccc2ccccc12. The van der Waals surface area contributed by atoms with Crippen molar-refractivity contribution in [1.29, 1.82) is 0 Å². The van der Waals surface area contributed by atoms with E-state index in [0.29, 0.717) is 0 Å². The van der Waals surface area contributed by atoms with Crippen LogP contribution in [0.3, 0.4) is 0 Å². The summed E-state index contributed by atoms with van der Waals surface area (Å²) in [5, 5.41) is 12.3. The van der Waals surface area contributed by atoms with Crippen molar-refractivity contribution in [2.75, 3.05) is 5.32 Å². The van der Waals surface area contributed by atoms with Gasteiger partial charge in [0.2, 0.25) is 0 Å². The fourth-order valence-corrected chi connectivity index (χ4v) is 6.18. The second-order valence-electron chi connectivity index (χ2n) is 9.04. The monoisotopic (exact) mass is 473 g/mol. The topological polar surface area (TPSA) is 50.1 Å². The number of rotatable bonds is 5. The lowest BCUT2D eigenvalue weighted by atomic mass is 9.97. The number of fused-ring (bicyclic) bond motifs is 4. The molecule has 3 nitrogen and oxygen atoms in total. The molecule has 1 aromatic heterocycles. The molecular formula is C31H27N3S. The third-order valence-corrected chi connectivity index (χ3v) is 7.96. The largest absolute Gasteiger partial charge is 0.377 e. The number of nitrogens with two attached hydrogens (primary N) is 1. The average Bonchev–Trinajstić information content (AvgIpc) is 3.26. The van der Waals surface area contributed by atoms with Gasteiger partial charge in [-0.2, -0.15) is 0 Å². The van der Waals surface area contributed by atoms with E-state index in [2.05, 4.69) is 103 Å². The molecule has 0 saturated carbocycles. The third-order valence-electron chi connectivity index (χ3n) is 6.82. The Morgan fingerprint density at radius 3 is 2.43 bits per heavy atom. The van der Waals surface area contributed by atoms with Crippen LogP contribution in [0.1, 0.15) is 11.1 Å². The molecule has 1 heterocycles. The molecule has 4 aromatic carbocycles. The van der Waals surface area contributed by atoms with Gasteiger partial charge in [-0.25, -0.2) is 0 Å². The Hall–Kier alpha value is -3.86. The highest BCUT2D eigenvalue weighted by Gasteiger charge is 2.19. The minimum atomic E-state index is -0.0975. The molecule has 0 aliphatic heterocycles. The van der Waals surface area contributed by atoms with E-state index < -0.39 is 0 Å². The first-order valence-corrected chi connectivity index (χ1v) is 12.7. The maximum atomic E-state index is 6.33. The minimum absolute atomic E-state index is 0.00502. The van der Waals surface area contributed by atoms with E-state index in [4.69, 9.17) is 5.73 Å². The van der Waals surface area contributed by atoms with Crippen molar-refractivity contribution in [1.82, 2.24) is 5.32 Å². The van der Waals surface area contributed by atoms with Gasteiger partial charge in [0.25, 0.3) is 0 Å². The van der Waals surface area contributed by atoms with Crippen molar-refractivity contribution in [3.63, 3.8) is 0 Å². The average molecular weight is 474 g/mol. The number of anilines is 2. The molecule has 2 atom stereocenters. The molecule has 1 aliphatic rings. The molecule has 4 heteroatoms. The molecule has 0 amide bonds. The zero-order chi connectivity index (χ0) is 23.9. The van der Waals surface area contributed by atoms with Crippen LogP contribution < -0.4 is 16.4 Å². The first kappa shape index (κ1) is 21.7. The maximum Gasteiger partial charge on any atom is 0.0634 e. The molecule has 2 unspecified atom stereocenters. The fraction of sp³-hybridized carbons (Fsp3) is 0.0968. The van der Waals surface area contributed by atoms with Crippen LogP contribution in [0.15, 0.2) is 104 Å². The predicted octanol–water partition coefficient (Wildman–Crippen LogP) is 7.64. The summed E-state index contributed by atoms with van der Waals surface area (Å²) in [6.45, 7) is 6.65. The normalized spacial score (nSPS) is 17.3. The van der Waals surface area contributed by atoms with E-state index >= 15 is 0 Å². The van der Waals surface area contributed by atoms with E-state index in [1.54, 1.807) is 0 Å². The molecule has 4 N–H and O–H groups in total. The number of aryl methyl sites for hydroxylation is 1. The summed E-state index contributed by atoms with van der Waals surface area (Å²) in [6.07, 6.45) is 8.12. The predicted molar refractivity (Wildman–Crippen MR) is 154 cm³/mol. The summed E-state index contributed by atoms with van der Waals surface area (Å²) < 4.78 is 2.63. The first-order chi connectivity index (χ1) is 17.1. The Labute approximate surface area is 209 Å². The zero-order valence-electron chi connectivity index (χ0n) is 19.6. The van der Waals surface area contributed by atoms with Gasteiger partial charge in [0.1, 0.15) is 0 Å². The van der Waals surface area contributed by atoms with Crippen molar-refractivity contribution in [2.45, 2.75) is 19.0 Å². The van der Waals surface area contributed by atoms with Crippen LogP contribution in [0.4, 0.5) is 11.4 Å². The quantitative estimate of drug-likeness (QED) is 0.246. The van der Waals surface area contributed by atoms with E-state index in [1.165, 1.54) is 31.1 Å². The standard InChI is InChI=1S/C31H27N3S/c1-19-25(17-18-29-30(19)23-11-5-8-14-28(23)35-29)34-27-16-15-21-9-3-4-10-22(21)31(27)20(2)33-26-13-7-6-12-24(26)32/h3-18,24,26,33-34H,2,32H2,1H3. The van der Waals surface area contributed by atoms with E-state index in [9.17, 15) is 0 Å². The van der Waals surface area contributed by atoms with Crippen LogP contribution in [0.5, 0.6) is 0 Å². The number of hydrogen-bond acceptors (Lipinski definition) is 4. The molecule has 5 aromatic rings. The number of hydrogen-bond donors (Lipinski definition) is 3. The number of benzene rings is 4. The van der Waals surface area contributed by atoms with Gasteiger partial charge < -0.3 is 16.4 Å². The first-order valence-electron chi connectivity index (χ1n) is 11.9. The lowest BCUT2D eigenvalue weighted by Crippen LogP contribution is -2.42. The van der Waals surface area contributed by atoms with Crippen molar-refractivity contribution >= 4 is 59.4 Å². The van der Waals surface area contributed by atoms with E-state index in [1.807, 2.05) is 29.6 Å². The van der Waals surface area contributed by atoms with E-state index in [-0.39, 0.29) is 12.1 Å². The molecule has 172 valence electrons. The van der Waals surface area contributed by atoms with Gasteiger partial charge >= 0.3 is 0 Å². The molecule has 0 fully saturated rings. The Balaban J connectivity index is 1.45. The highest BCUT2D eigenvalue weighted by molar-refractivity contribution is 7.25. The number of thiophene rings is 1. The Morgan fingerprint density at radius 2 is 1.57 bits per heavy atom. The summed E-state index contributed by atoms with van der Waals surface area (Å²) in [4.78, 5) is 0. The van der Waals surface area contributed by atoms with Gasteiger partial charge in [-0.3, -0.25) is 0 Å². The minimum Gasteiger partial charge on any atom is -0.377 e. The van der Waals surface area contributed by atoms with Gasteiger partial charge in [0.05, 0.1) is 6.04 Å². The van der Waals surface area contributed by atoms with E-state index in [0.717, 1.165) is 28.0 Å². The summed E-state index contributed by atoms with van der Waals surface area (Å²) in [5.41, 5.74) is 11.6. The van der Waals surface area contributed by atoms with Crippen LogP contribution in [0.2, 0.25) is 0 Å². The second-order valence-corrected chi connectivity index (χ2v) is 10.1. The smallest absolute Gasteiger partial charge is 0.0634 e. The molecule has 0 saturated heterocycles. The molecule has 0 bridgehead atoms. The van der Waals surface area contributed by atoms with Crippen LogP contribution in [-0.2, 0) is 0 Å². The van der Waals surface area contributed by atoms with Gasteiger partial charge in [0, 0.05) is 48.8 Å². The maximum absolute atomic E-state index is 6.33. The van der Waals surface area contributed by atoms with Crippen LogP contribution in [-0.4, -0.2) is 12.1 Å². The summed E-state index contributed by atoms with van der Waals surface area (Å²) >= 11 is 1.84. The van der Waals surface area contributed by atoms with Gasteiger partial charge in [0.15, 0.2) is 0 Å². The zero-order valence-corrected chi connectivity index (χ0v) is 20.4. The van der Waals surface area contributed by atoms with Crippen molar-refractivity contribution in [3.8, 4) is 0 Å². The summed E-state index contributed by atoms with van der Waals surface area (Å²) in [7, 11) is 0. The number of allylic oxidation sites excluding steroid dienone is 2. The lowest BCUT2D eigenvalue weighted by Gasteiger charge is -2.26. The molecule has 0 spiro atoms. The highest BCUT2D eigenvalue weighted by Crippen LogP contribution is 2.40. The Bertz CT molecular complexity index is 1660. The van der Waals surface area contributed by atoms with Gasteiger partial charge in [-0.1, -0.05) is 79.4 Å². The molecule has 6 rings (SSSR count). The Morgan fingerprint density at radius 1 is 0.829 bits per heavy atom. The number of nitrogens with one attached hydrogen (secondary N) is 2. The third kappa shape index (κ3) is 3.81. The van der Waals surface area contributed by atoms with Crippen LogP contribution >= 0.6 is 11.3 Å². The molecular weight excluding hydrogens is 446 g/mol. The van der Waals surface area contributed by atoms with Crippen molar-refractivity contribution in [3.05, 3.63) is 115 Å². The highest BCUT2D eigenvalue weighted by atomic mass is 32.1. The summed E-state index contributed by atoms with van der Waals surface area (Å²) in [5.74, 6) is 0. The van der Waals surface area contributed by atoms with Crippen LogP contribution in [0.25, 0.3) is 36.6 Å². The van der Waals surface area contributed by atoms with Gasteiger partial charge in [-0.15, -0.1) is 11.3 Å². The van der Waals surface area contributed by atoms with Gasteiger partial charge in [-0.05, 0) is 47.5 Å². The van der Waals surface area contributed by atoms with Crippen LogP contribution in [0, 0.1) is 6.92 Å².